The first-order chi connectivity index (χ1) is 6.81. The summed E-state index contributed by atoms with van der Waals surface area (Å²) in [6.07, 6.45) is 10.1. The molecule has 0 radical (unpaired) electrons. The highest BCUT2D eigenvalue weighted by Gasteiger charge is 2.31. The van der Waals surface area contributed by atoms with E-state index >= 15 is 0 Å². The Hall–Kier alpha value is -0.630. The Balaban J connectivity index is 1.99. The lowest BCUT2D eigenvalue weighted by Crippen LogP contribution is -2.33. The van der Waals surface area contributed by atoms with E-state index in [1.54, 1.807) is 12.2 Å². The second-order valence-corrected chi connectivity index (χ2v) is 4.34. The second kappa shape index (κ2) is 4.26. The van der Waals surface area contributed by atoms with Gasteiger partial charge in [-0.1, -0.05) is 12.5 Å². The minimum absolute atomic E-state index is 0.0692. The van der Waals surface area contributed by atoms with Gasteiger partial charge in [-0.25, -0.2) is 4.39 Å². The van der Waals surface area contributed by atoms with Gasteiger partial charge in [-0.15, -0.1) is 0 Å². The topological polar surface area (TPSA) is 12.0 Å². The molecule has 2 heteroatoms. The van der Waals surface area contributed by atoms with E-state index in [0.29, 0.717) is 17.9 Å². The van der Waals surface area contributed by atoms with Crippen LogP contribution in [0.1, 0.15) is 25.7 Å². The molecule has 1 N–H and O–H groups in total. The van der Waals surface area contributed by atoms with Gasteiger partial charge in [0, 0.05) is 6.04 Å². The van der Waals surface area contributed by atoms with Crippen molar-refractivity contribution in [1.29, 1.82) is 0 Å². The zero-order chi connectivity index (χ0) is 9.97. The van der Waals surface area contributed by atoms with E-state index < -0.39 is 0 Å². The molecule has 1 saturated carbocycles. The van der Waals surface area contributed by atoms with E-state index in [4.69, 9.17) is 0 Å². The van der Waals surface area contributed by atoms with Gasteiger partial charge in [0.2, 0.25) is 0 Å². The Morgan fingerprint density at radius 1 is 1.43 bits per heavy atom. The molecule has 0 spiro atoms. The van der Waals surface area contributed by atoms with Crippen molar-refractivity contribution in [2.45, 2.75) is 31.7 Å². The largest absolute Gasteiger partial charge is 0.317 e. The molecule has 0 bridgehead atoms. The standard InChI is InChI=1S/C12H18FN/c1-14-12-4-2-3-11(12)9-5-7-10(13)8-6-9/h5,7-9,11-12,14H,2-4,6H2,1H3/t9?,11-,12-/m1/s1. The third kappa shape index (κ3) is 1.90. The van der Waals surface area contributed by atoms with Gasteiger partial charge in [0.15, 0.2) is 0 Å². The van der Waals surface area contributed by atoms with E-state index in [9.17, 15) is 4.39 Å². The summed E-state index contributed by atoms with van der Waals surface area (Å²) in [5.41, 5.74) is 0. The average molecular weight is 195 g/mol. The lowest BCUT2D eigenvalue weighted by Gasteiger charge is -2.26. The van der Waals surface area contributed by atoms with Crippen LogP contribution in [0.3, 0.4) is 0 Å². The number of allylic oxidation sites excluding steroid dienone is 4. The molecular weight excluding hydrogens is 177 g/mol. The van der Waals surface area contributed by atoms with Crippen LogP contribution in [0.4, 0.5) is 4.39 Å². The van der Waals surface area contributed by atoms with Gasteiger partial charge in [0.25, 0.3) is 0 Å². The third-order valence-corrected chi connectivity index (χ3v) is 3.58. The van der Waals surface area contributed by atoms with Crippen LogP contribution in [-0.2, 0) is 0 Å². The van der Waals surface area contributed by atoms with Crippen molar-refractivity contribution in [3.8, 4) is 0 Å². The van der Waals surface area contributed by atoms with Gasteiger partial charge in [0.05, 0.1) is 0 Å². The molecule has 2 rings (SSSR count). The van der Waals surface area contributed by atoms with Crippen LogP contribution in [0, 0.1) is 11.8 Å². The summed E-state index contributed by atoms with van der Waals surface area (Å²) < 4.78 is 12.8. The molecule has 78 valence electrons. The van der Waals surface area contributed by atoms with Crippen molar-refractivity contribution in [3.63, 3.8) is 0 Å². The molecule has 0 aromatic heterocycles. The van der Waals surface area contributed by atoms with Gasteiger partial charge in [0.1, 0.15) is 5.83 Å². The number of hydrogen-bond donors (Lipinski definition) is 1. The van der Waals surface area contributed by atoms with Crippen molar-refractivity contribution in [2.75, 3.05) is 7.05 Å². The molecule has 0 aromatic carbocycles. The van der Waals surface area contributed by atoms with Crippen LogP contribution in [0.2, 0.25) is 0 Å². The minimum atomic E-state index is -0.0692. The molecule has 1 fully saturated rings. The Morgan fingerprint density at radius 2 is 2.29 bits per heavy atom. The number of rotatable bonds is 2. The lowest BCUT2D eigenvalue weighted by molar-refractivity contribution is 0.332. The van der Waals surface area contributed by atoms with E-state index in [1.165, 1.54) is 19.3 Å². The van der Waals surface area contributed by atoms with E-state index in [2.05, 4.69) is 11.4 Å². The first-order valence-corrected chi connectivity index (χ1v) is 5.52. The predicted octanol–water partition coefficient (Wildman–Crippen LogP) is 2.80. The molecule has 3 atom stereocenters. The predicted molar refractivity (Wildman–Crippen MR) is 56.6 cm³/mol. The summed E-state index contributed by atoms with van der Waals surface area (Å²) in [5.74, 6) is 1.19. The molecule has 0 aliphatic heterocycles. The maximum absolute atomic E-state index is 12.8. The quantitative estimate of drug-likeness (QED) is 0.714. The van der Waals surface area contributed by atoms with Crippen LogP contribution in [0.15, 0.2) is 24.1 Å². The fourth-order valence-electron chi connectivity index (χ4n) is 2.79. The summed E-state index contributed by atoms with van der Waals surface area (Å²) in [6, 6.07) is 0.638. The molecule has 0 heterocycles. The fraction of sp³-hybridized carbons (Fsp3) is 0.667. The van der Waals surface area contributed by atoms with E-state index in [-0.39, 0.29) is 5.83 Å². The Morgan fingerprint density at radius 3 is 2.93 bits per heavy atom. The Labute approximate surface area is 85.1 Å². The number of nitrogens with one attached hydrogen (secondary N) is 1. The van der Waals surface area contributed by atoms with Gasteiger partial charge in [-0.05, 0) is 50.3 Å². The summed E-state index contributed by atoms with van der Waals surface area (Å²) in [7, 11) is 2.03. The fourth-order valence-corrected chi connectivity index (χ4v) is 2.79. The molecule has 2 aliphatic rings. The van der Waals surface area contributed by atoms with Gasteiger partial charge in [-0.2, -0.15) is 0 Å². The highest BCUT2D eigenvalue weighted by molar-refractivity contribution is 5.18. The SMILES string of the molecule is CN[C@@H]1CCC[C@@H]1C1C=CC(F)=CC1. The van der Waals surface area contributed by atoms with Crippen molar-refractivity contribution in [3.05, 3.63) is 24.1 Å². The van der Waals surface area contributed by atoms with E-state index in [1.807, 2.05) is 7.05 Å². The van der Waals surface area contributed by atoms with Gasteiger partial charge in [-0.3, -0.25) is 0 Å². The lowest BCUT2D eigenvalue weighted by atomic mass is 9.83. The molecule has 0 amide bonds. The monoisotopic (exact) mass is 195 g/mol. The van der Waals surface area contributed by atoms with Gasteiger partial charge >= 0.3 is 0 Å². The van der Waals surface area contributed by atoms with Crippen LogP contribution >= 0.6 is 0 Å². The second-order valence-electron chi connectivity index (χ2n) is 4.34. The average Bonchev–Trinajstić information content (AvgIpc) is 2.67. The molecule has 1 unspecified atom stereocenters. The third-order valence-electron chi connectivity index (χ3n) is 3.58. The Bertz CT molecular complexity index is 257. The van der Waals surface area contributed by atoms with Crippen LogP contribution in [-0.4, -0.2) is 13.1 Å². The van der Waals surface area contributed by atoms with Crippen molar-refractivity contribution in [2.24, 2.45) is 11.8 Å². The smallest absolute Gasteiger partial charge is 0.118 e. The summed E-state index contributed by atoms with van der Waals surface area (Å²) in [4.78, 5) is 0. The number of halogens is 1. The number of hydrogen-bond acceptors (Lipinski definition) is 1. The molecule has 0 saturated heterocycles. The summed E-state index contributed by atoms with van der Waals surface area (Å²) in [5, 5.41) is 3.37. The first kappa shape index (κ1) is 9.91. The van der Waals surface area contributed by atoms with Crippen LogP contribution in [0.25, 0.3) is 0 Å². The molecular formula is C12H18FN. The zero-order valence-corrected chi connectivity index (χ0v) is 8.67. The van der Waals surface area contributed by atoms with Crippen molar-refractivity contribution < 1.29 is 4.39 Å². The molecule has 14 heavy (non-hydrogen) atoms. The summed E-state index contributed by atoms with van der Waals surface area (Å²) in [6.45, 7) is 0. The Kier molecular flexibility index (Phi) is 3.02. The zero-order valence-electron chi connectivity index (χ0n) is 8.67. The molecule has 0 aromatic rings. The summed E-state index contributed by atoms with van der Waals surface area (Å²) >= 11 is 0. The molecule has 1 nitrogen and oxygen atoms in total. The van der Waals surface area contributed by atoms with Crippen molar-refractivity contribution in [1.82, 2.24) is 5.32 Å². The van der Waals surface area contributed by atoms with Gasteiger partial charge < -0.3 is 5.32 Å². The van der Waals surface area contributed by atoms with Crippen LogP contribution in [0.5, 0.6) is 0 Å². The first-order valence-electron chi connectivity index (χ1n) is 5.52. The highest BCUT2D eigenvalue weighted by Crippen LogP contribution is 2.36. The highest BCUT2D eigenvalue weighted by atomic mass is 19.1. The maximum Gasteiger partial charge on any atom is 0.118 e. The molecule has 2 aliphatic carbocycles. The maximum atomic E-state index is 12.8. The van der Waals surface area contributed by atoms with Crippen LogP contribution < -0.4 is 5.32 Å². The van der Waals surface area contributed by atoms with Crippen molar-refractivity contribution >= 4 is 0 Å². The minimum Gasteiger partial charge on any atom is -0.317 e. The normalized spacial score (nSPS) is 37.3. The van der Waals surface area contributed by atoms with E-state index in [0.717, 1.165) is 6.42 Å².